The smallest absolute Gasteiger partial charge is 0.256 e. The van der Waals surface area contributed by atoms with Crippen molar-refractivity contribution >= 4 is 33.1 Å². The molecular formula is C16H11F2NO3S. The Morgan fingerprint density at radius 2 is 1.78 bits per heavy atom. The van der Waals surface area contributed by atoms with Crippen LogP contribution in [0.5, 0.6) is 0 Å². The third-order valence-corrected chi connectivity index (χ3v) is 4.55. The van der Waals surface area contributed by atoms with Gasteiger partial charge in [0.1, 0.15) is 0 Å². The van der Waals surface area contributed by atoms with E-state index in [0.717, 1.165) is 18.4 Å². The van der Waals surface area contributed by atoms with Gasteiger partial charge >= 0.3 is 0 Å². The first-order chi connectivity index (χ1) is 10.8. The van der Waals surface area contributed by atoms with Crippen LogP contribution in [0.15, 0.2) is 41.3 Å². The molecule has 1 N–H and O–H groups in total. The summed E-state index contributed by atoms with van der Waals surface area (Å²) in [5, 5.41) is 2.45. The molecule has 0 aliphatic carbocycles. The number of anilines is 1. The van der Waals surface area contributed by atoms with E-state index in [-0.39, 0.29) is 21.7 Å². The fraction of sp³-hybridized carbons (Fsp3) is 0.0625. The summed E-state index contributed by atoms with van der Waals surface area (Å²) in [6, 6.07) is 7.86. The van der Waals surface area contributed by atoms with E-state index in [0.29, 0.717) is 5.56 Å². The van der Waals surface area contributed by atoms with Crippen LogP contribution < -0.4 is 5.32 Å². The molecule has 0 bridgehead atoms. The summed E-state index contributed by atoms with van der Waals surface area (Å²) in [4.78, 5) is 12.1. The van der Waals surface area contributed by atoms with Crippen molar-refractivity contribution in [3.8, 4) is 0 Å². The highest BCUT2D eigenvalue weighted by molar-refractivity contribution is 7.90. The topological polar surface area (TPSA) is 63.2 Å². The maximum atomic E-state index is 13.4. The molecule has 0 atom stereocenters. The van der Waals surface area contributed by atoms with Crippen molar-refractivity contribution in [3.63, 3.8) is 0 Å². The van der Waals surface area contributed by atoms with Crippen LogP contribution in [0.25, 0.3) is 11.6 Å². The quantitative estimate of drug-likeness (QED) is 0.859. The van der Waals surface area contributed by atoms with Crippen LogP contribution >= 0.6 is 0 Å². The molecular weight excluding hydrogens is 324 g/mol. The lowest BCUT2D eigenvalue weighted by Gasteiger charge is -2.02. The maximum absolute atomic E-state index is 13.4. The number of fused-ring (bicyclic) bond motifs is 1. The van der Waals surface area contributed by atoms with Crippen LogP contribution in [0.3, 0.4) is 0 Å². The molecule has 0 unspecified atom stereocenters. The van der Waals surface area contributed by atoms with Gasteiger partial charge in [0.05, 0.1) is 10.6 Å². The minimum Gasteiger partial charge on any atom is -0.321 e. The van der Waals surface area contributed by atoms with E-state index in [1.807, 2.05) is 0 Å². The Balaban J connectivity index is 2.12. The van der Waals surface area contributed by atoms with Gasteiger partial charge in [-0.2, -0.15) is 0 Å². The van der Waals surface area contributed by atoms with Crippen LogP contribution in [-0.4, -0.2) is 20.6 Å². The van der Waals surface area contributed by atoms with Gasteiger partial charge in [-0.05, 0) is 29.8 Å². The summed E-state index contributed by atoms with van der Waals surface area (Å²) in [5.41, 5.74) is 1.03. The fourth-order valence-corrected chi connectivity index (χ4v) is 3.01. The summed E-state index contributed by atoms with van der Waals surface area (Å²) in [7, 11) is -3.38. The summed E-state index contributed by atoms with van der Waals surface area (Å²) in [6.45, 7) is 0. The second-order valence-electron chi connectivity index (χ2n) is 5.17. The highest BCUT2D eigenvalue weighted by atomic mass is 32.2. The second-order valence-corrected chi connectivity index (χ2v) is 7.18. The van der Waals surface area contributed by atoms with Gasteiger partial charge in [0, 0.05) is 23.5 Å². The van der Waals surface area contributed by atoms with Gasteiger partial charge in [-0.1, -0.05) is 12.1 Å². The van der Waals surface area contributed by atoms with Gasteiger partial charge in [0.2, 0.25) is 0 Å². The molecule has 4 nitrogen and oxygen atoms in total. The first-order valence-corrected chi connectivity index (χ1v) is 8.47. The molecule has 1 heterocycles. The molecule has 1 aliphatic rings. The van der Waals surface area contributed by atoms with Crippen molar-refractivity contribution < 1.29 is 22.0 Å². The Labute approximate surface area is 131 Å². The Kier molecular flexibility index (Phi) is 3.52. The van der Waals surface area contributed by atoms with E-state index in [2.05, 4.69) is 5.32 Å². The van der Waals surface area contributed by atoms with Gasteiger partial charge in [0.15, 0.2) is 21.5 Å². The lowest BCUT2D eigenvalue weighted by atomic mass is 10.0. The molecule has 0 spiro atoms. The van der Waals surface area contributed by atoms with Crippen LogP contribution in [0.2, 0.25) is 0 Å². The number of carbonyl (C=O) groups excluding carboxylic acids is 1. The van der Waals surface area contributed by atoms with Crippen LogP contribution in [0, 0.1) is 11.6 Å². The van der Waals surface area contributed by atoms with E-state index in [1.165, 1.54) is 18.2 Å². The van der Waals surface area contributed by atoms with Crippen molar-refractivity contribution in [2.45, 2.75) is 4.90 Å². The molecule has 23 heavy (non-hydrogen) atoms. The Hall–Kier alpha value is -2.54. The standard InChI is InChI=1S/C16H11F2NO3S/c1-23(21,22)10-4-2-3-9(5-10)6-12-11-7-13(17)14(18)8-15(11)19-16(12)20/h2-8H,1H3,(H,19,20)/b12-6+. The molecule has 2 aromatic carbocycles. The monoisotopic (exact) mass is 335 g/mol. The minimum absolute atomic E-state index is 0.107. The first-order valence-electron chi connectivity index (χ1n) is 6.58. The summed E-state index contributed by atoms with van der Waals surface area (Å²) in [6.07, 6.45) is 2.52. The van der Waals surface area contributed by atoms with Gasteiger partial charge in [-0.3, -0.25) is 4.79 Å². The van der Waals surface area contributed by atoms with E-state index in [1.54, 1.807) is 12.1 Å². The van der Waals surface area contributed by atoms with Gasteiger partial charge in [-0.15, -0.1) is 0 Å². The molecule has 1 aliphatic heterocycles. The van der Waals surface area contributed by atoms with Crippen molar-refractivity contribution in [1.29, 1.82) is 0 Å². The Morgan fingerprint density at radius 1 is 1.09 bits per heavy atom. The molecule has 1 amide bonds. The number of rotatable bonds is 2. The van der Waals surface area contributed by atoms with Crippen molar-refractivity contribution in [2.24, 2.45) is 0 Å². The van der Waals surface area contributed by atoms with Crippen LogP contribution in [-0.2, 0) is 14.6 Å². The van der Waals surface area contributed by atoms with E-state index in [9.17, 15) is 22.0 Å². The molecule has 0 aromatic heterocycles. The number of amides is 1. The predicted molar refractivity (Wildman–Crippen MR) is 82.4 cm³/mol. The van der Waals surface area contributed by atoms with Gasteiger partial charge in [-0.25, -0.2) is 17.2 Å². The molecule has 0 radical (unpaired) electrons. The average Bonchev–Trinajstić information content (AvgIpc) is 2.75. The molecule has 118 valence electrons. The molecule has 0 saturated carbocycles. The number of hydrogen-bond donors (Lipinski definition) is 1. The highest BCUT2D eigenvalue weighted by Gasteiger charge is 2.26. The summed E-state index contributed by atoms with van der Waals surface area (Å²) < 4.78 is 49.8. The van der Waals surface area contributed by atoms with Crippen LogP contribution in [0.1, 0.15) is 11.1 Å². The number of nitrogens with one attached hydrogen (secondary N) is 1. The molecule has 0 fully saturated rings. The Bertz CT molecular complexity index is 965. The molecule has 7 heteroatoms. The number of hydrogen-bond acceptors (Lipinski definition) is 3. The van der Waals surface area contributed by atoms with Crippen molar-refractivity contribution in [1.82, 2.24) is 0 Å². The molecule has 0 saturated heterocycles. The first kappa shape index (κ1) is 15.4. The Morgan fingerprint density at radius 3 is 2.48 bits per heavy atom. The van der Waals surface area contributed by atoms with E-state index < -0.39 is 27.4 Å². The second kappa shape index (κ2) is 5.27. The van der Waals surface area contributed by atoms with E-state index in [4.69, 9.17) is 0 Å². The maximum Gasteiger partial charge on any atom is 0.256 e. The van der Waals surface area contributed by atoms with Crippen molar-refractivity contribution in [2.75, 3.05) is 11.6 Å². The summed E-state index contributed by atoms with van der Waals surface area (Å²) >= 11 is 0. The minimum atomic E-state index is -3.38. The largest absolute Gasteiger partial charge is 0.321 e. The molecule has 3 rings (SSSR count). The normalized spacial score (nSPS) is 15.6. The third-order valence-electron chi connectivity index (χ3n) is 3.44. The average molecular weight is 335 g/mol. The fourth-order valence-electron chi connectivity index (χ4n) is 2.33. The zero-order valence-corrected chi connectivity index (χ0v) is 12.7. The van der Waals surface area contributed by atoms with E-state index >= 15 is 0 Å². The number of halogens is 2. The number of sulfone groups is 1. The third kappa shape index (κ3) is 2.87. The van der Waals surface area contributed by atoms with Crippen molar-refractivity contribution in [3.05, 3.63) is 59.2 Å². The summed E-state index contributed by atoms with van der Waals surface area (Å²) in [5.74, 6) is -2.62. The SMILES string of the molecule is CS(=O)(=O)c1cccc(/C=C2/C(=O)Nc3cc(F)c(F)cc32)c1. The van der Waals surface area contributed by atoms with Gasteiger partial charge in [0.25, 0.3) is 5.91 Å². The number of benzene rings is 2. The lowest BCUT2D eigenvalue weighted by Crippen LogP contribution is -2.03. The zero-order chi connectivity index (χ0) is 16.8. The highest BCUT2D eigenvalue weighted by Crippen LogP contribution is 2.34. The lowest BCUT2D eigenvalue weighted by molar-refractivity contribution is -0.110. The van der Waals surface area contributed by atoms with Crippen LogP contribution in [0.4, 0.5) is 14.5 Å². The predicted octanol–water partition coefficient (Wildman–Crippen LogP) is 2.86. The zero-order valence-electron chi connectivity index (χ0n) is 11.9. The molecule has 2 aromatic rings. The number of carbonyl (C=O) groups is 1. The van der Waals surface area contributed by atoms with Gasteiger partial charge < -0.3 is 5.32 Å².